The van der Waals surface area contributed by atoms with E-state index >= 15 is 0 Å². The Morgan fingerprint density at radius 1 is 1.30 bits per heavy atom. The van der Waals surface area contributed by atoms with E-state index in [0.717, 1.165) is 5.56 Å². The zero-order chi connectivity index (χ0) is 19.6. The van der Waals surface area contributed by atoms with Gasteiger partial charge in [0.25, 0.3) is 11.6 Å². The first kappa shape index (κ1) is 18.8. The van der Waals surface area contributed by atoms with E-state index in [1.165, 1.54) is 29.0 Å². The molecule has 27 heavy (non-hydrogen) atoms. The number of nitrogens with one attached hydrogen (secondary N) is 1. The molecule has 0 atom stereocenters. The van der Waals surface area contributed by atoms with Crippen LogP contribution in [0.1, 0.15) is 30.9 Å². The fourth-order valence-electron chi connectivity index (χ4n) is 2.77. The van der Waals surface area contributed by atoms with Gasteiger partial charge in [0.15, 0.2) is 11.7 Å². The summed E-state index contributed by atoms with van der Waals surface area (Å²) in [6.45, 7) is 6.13. The fraction of sp³-hybridized carbons (Fsp3) is 0.263. The minimum Gasteiger partial charge on any atom is -0.484 e. The summed E-state index contributed by atoms with van der Waals surface area (Å²) in [5.74, 6) is 0.721. The predicted octanol–water partition coefficient (Wildman–Crippen LogP) is 4.65. The van der Waals surface area contributed by atoms with Gasteiger partial charge in [-0.05, 0) is 42.2 Å². The maximum Gasteiger partial charge on any atom is 0.270 e. The number of nitrogens with zero attached hydrogens (tertiary/aromatic N) is 2. The normalized spacial score (nSPS) is 11.0. The molecule has 8 heteroatoms. The van der Waals surface area contributed by atoms with Gasteiger partial charge < -0.3 is 4.74 Å². The van der Waals surface area contributed by atoms with E-state index in [1.54, 1.807) is 6.07 Å². The molecule has 0 spiro atoms. The number of ether oxygens (including phenoxy) is 1. The fourth-order valence-corrected chi connectivity index (χ4v) is 3.69. The first-order chi connectivity index (χ1) is 12.8. The van der Waals surface area contributed by atoms with Crippen LogP contribution in [-0.2, 0) is 4.79 Å². The van der Waals surface area contributed by atoms with Crippen LogP contribution in [0.2, 0.25) is 0 Å². The predicted molar refractivity (Wildman–Crippen MR) is 106 cm³/mol. The van der Waals surface area contributed by atoms with Crippen molar-refractivity contribution in [1.29, 1.82) is 0 Å². The number of aryl methyl sites for hydroxylation is 1. The average Bonchev–Trinajstić information content (AvgIpc) is 3.00. The zero-order valence-electron chi connectivity index (χ0n) is 15.2. The maximum absolute atomic E-state index is 12.1. The van der Waals surface area contributed by atoms with E-state index in [9.17, 15) is 14.9 Å². The molecule has 3 rings (SSSR count). The van der Waals surface area contributed by atoms with Crippen molar-refractivity contribution in [3.05, 3.63) is 57.6 Å². The Morgan fingerprint density at radius 2 is 2.07 bits per heavy atom. The molecule has 0 saturated carbocycles. The Kier molecular flexibility index (Phi) is 5.36. The highest BCUT2D eigenvalue weighted by atomic mass is 32.1. The van der Waals surface area contributed by atoms with Gasteiger partial charge in [-0.1, -0.05) is 31.3 Å². The van der Waals surface area contributed by atoms with Gasteiger partial charge in [0.2, 0.25) is 0 Å². The van der Waals surface area contributed by atoms with Crippen LogP contribution in [0.5, 0.6) is 5.75 Å². The summed E-state index contributed by atoms with van der Waals surface area (Å²) < 4.78 is 6.19. The summed E-state index contributed by atoms with van der Waals surface area (Å²) in [6.07, 6.45) is 0. The summed E-state index contributed by atoms with van der Waals surface area (Å²) >= 11 is 1.18. The van der Waals surface area contributed by atoms with Gasteiger partial charge in [-0.15, -0.1) is 0 Å². The number of benzene rings is 2. The first-order valence-electron chi connectivity index (χ1n) is 8.41. The lowest BCUT2D eigenvalue weighted by molar-refractivity contribution is -0.384. The minimum atomic E-state index is -0.461. The van der Waals surface area contributed by atoms with Crippen LogP contribution < -0.4 is 10.1 Å². The van der Waals surface area contributed by atoms with Crippen molar-refractivity contribution in [3.8, 4) is 5.75 Å². The number of nitro groups is 1. The second kappa shape index (κ2) is 7.71. The molecule has 7 nitrogen and oxygen atoms in total. The van der Waals surface area contributed by atoms with E-state index in [0.29, 0.717) is 27.0 Å². The Bertz CT molecular complexity index is 1010. The quantitative estimate of drug-likeness (QED) is 0.492. The molecule has 0 aliphatic heterocycles. The molecule has 2 aromatic carbocycles. The number of fused-ring (bicyclic) bond motifs is 1. The first-order valence-corrected chi connectivity index (χ1v) is 9.23. The number of nitro benzene ring substituents is 1. The van der Waals surface area contributed by atoms with Crippen LogP contribution >= 0.6 is 11.3 Å². The molecule has 140 valence electrons. The number of non-ortho nitro benzene ring substituents is 1. The lowest BCUT2D eigenvalue weighted by atomic mass is 9.98. The molecule has 0 fully saturated rings. The Labute approximate surface area is 160 Å². The number of aromatic nitrogens is 1. The van der Waals surface area contributed by atoms with Crippen molar-refractivity contribution in [1.82, 2.24) is 4.98 Å². The van der Waals surface area contributed by atoms with E-state index in [1.807, 2.05) is 25.1 Å². The van der Waals surface area contributed by atoms with Crippen LogP contribution in [0, 0.1) is 17.0 Å². The molecule has 0 saturated heterocycles. The molecule has 0 unspecified atom stereocenters. The van der Waals surface area contributed by atoms with Crippen molar-refractivity contribution in [2.24, 2.45) is 0 Å². The topological polar surface area (TPSA) is 94.4 Å². The van der Waals surface area contributed by atoms with Crippen LogP contribution in [0.15, 0.2) is 36.4 Å². The number of hydrogen-bond acceptors (Lipinski definition) is 6. The highest BCUT2D eigenvalue weighted by Crippen LogP contribution is 2.29. The van der Waals surface area contributed by atoms with Gasteiger partial charge in [0.1, 0.15) is 5.75 Å². The molecule has 0 radical (unpaired) electrons. The zero-order valence-corrected chi connectivity index (χ0v) is 16.0. The van der Waals surface area contributed by atoms with E-state index in [4.69, 9.17) is 4.74 Å². The summed E-state index contributed by atoms with van der Waals surface area (Å²) in [6, 6.07) is 10.2. The molecular formula is C19H19N3O4S. The number of anilines is 1. The van der Waals surface area contributed by atoms with Crippen LogP contribution in [0.3, 0.4) is 0 Å². The molecule has 0 aliphatic carbocycles. The minimum absolute atomic E-state index is 0.00688. The van der Waals surface area contributed by atoms with Gasteiger partial charge >= 0.3 is 0 Å². The largest absolute Gasteiger partial charge is 0.484 e. The summed E-state index contributed by atoms with van der Waals surface area (Å²) in [7, 11) is 0. The Hall–Kier alpha value is -3.00. The summed E-state index contributed by atoms with van der Waals surface area (Å²) in [5.41, 5.74) is 2.96. The van der Waals surface area contributed by atoms with Crippen molar-refractivity contribution < 1.29 is 14.5 Å². The van der Waals surface area contributed by atoms with Crippen molar-refractivity contribution in [3.63, 3.8) is 0 Å². The molecule has 1 heterocycles. The molecule has 1 N–H and O–H groups in total. The van der Waals surface area contributed by atoms with Crippen LogP contribution in [0.25, 0.3) is 10.2 Å². The van der Waals surface area contributed by atoms with E-state index in [-0.39, 0.29) is 18.2 Å². The Balaban J connectivity index is 1.63. The highest BCUT2D eigenvalue weighted by Gasteiger charge is 2.12. The Morgan fingerprint density at radius 3 is 2.74 bits per heavy atom. The van der Waals surface area contributed by atoms with Gasteiger partial charge in [-0.3, -0.25) is 20.2 Å². The second-order valence-corrected chi connectivity index (χ2v) is 7.47. The summed E-state index contributed by atoms with van der Waals surface area (Å²) in [5, 5.41) is 13.9. The standard InChI is InChI=1S/C19H19N3O4S/c1-11(2)15-6-5-14(8-12(15)3)26-10-18(23)21-19-20-16-7-4-13(22(24)25)9-17(16)27-19/h4-9,11H,10H2,1-3H3,(H,20,21,23). The van der Waals surface area contributed by atoms with E-state index < -0.39 is 4.92 Å². The third-order valence-electron chi connectivity index (χ3n) is 4.06. The highest BCUT2D eigenvalue weighted by molar-refractivity contribution is 7.22. The third kappa shape index (κ3) is 4.40. The monoisotopic (exact) mass is 385 g/mol. The van der Waals surface area contributed by atoms with Gasteiger partial charge in [-0.2, -0.15) is 0 Å². The average molecular weight is 385 g/mol. The SMILES string of the molecule is Cc1cc(OCC(=O)Nc2nc3ccc([N+](=O)[O-])cc3s2)ccc1C(C)C. The molecule has 1 amide bonds. The van der Waals surface area contributed by atoms with Crippen molar-refractivity contribution in [2.45, 2.75) is 26.7 Å². The number of hydrogen-bond donors (Lipinski definition) is 1. The third-order valence-corrected chi connectivity index (χ3v) is 5.00. The number of rotatable bonds is 6. The van der Waals surface area contributed by atoms with Crippen LogP contribution in [0.4, 0.5) is 10.8 Å². The molecule has 0 bridgehead atoms. The van der Waals surface area contributed by atoms with Crippen molar-refractivity contribution >= 4 is 38.3 Å². The molecule has 3 aromatic rings. The number of thiazole rings is 1. The number of carbonyl (C=O) groups excluding carboxylic acids is 1. The van der Waals surface area contributed by atoms with Crippen LogP contribution in [-0.4, -0.2) is 22.4 Å². The van der Waals surface area contributed by atoms with Gasteiger partial charge in [-0.25, -0.2) is 4.98 Å². The maximum atomic E-state index is 12.1. The smallest absolute Gasteiger partial charge is 0.270 e. The molecule has 1 aromatic heterocycles. The number of carbonyl (C=O) groups is 1. The lowest BCUT2D eigenvalue weighted by Gasteiger charge is -2.12. The lowest BCUT2D eigenvalue weighted by Crippen LogP contribution is -2.20. The molecule has 0 aliphatic rings. The van der Waals surface area contributed by atoms with Crippen molar-refractivity contribution in [2.75, 3.05) is 11.9 Å². The summed E-state index contributed by atoms with van der Waals surface area (Å²) in [4.78, 5) is 26.8. The molecular weight excluding hydrogens is 366 g/mol. The second-order valence-electron chi connectivity index (χ2n) is 6.44. The van der Waals surface area contributed by atoms with Gasteiger partial charge in [0.05, 0.1) is 15.1 Å². The number of amides is 1. The van der Waals surface area contributed by atoms with Gasteiger partial charge in [0, 0.05) is 12.1 Å². The van der Waals surface area contributed by atoms with E-state index in [2.05, 4.69) is 24.1 Å².